The quantitative estimate of drug-likeness (QED) is 0.550. The first-order valence-corrected chi connectivity index (χ1v) is 7.94. The van der Waals surface area contributed by atoms with Crippen LogP contribution >= 0.6 is 11.6 Å². The summed E-state index contributed by atoms with van der Waals surface area (Å²) >= 11 is 5.88. The van der Waals surface area contributed by atoms with E-state index < -0.39 is 5.82 Å². The van der Waals surface area contributed by atoms with E-state index in [1.54, 1.807) is 30.3 Å². The summed E-state index contributed by atoms with van der Waals surface area (Å²) in [5, 5.41) is 8.65. The van der Waals surface area contributed by atoms with Crippen LogP contribution in [0.2, 0.25) is 5.02 Å². The van der Waals surface area contributed by atoms with Crippen molar-refractivity contribution in [1.82, 2.24) is 19.9 Å². The van der Waals surface area contributed by atoms with Gasteiger partial charge in [0.1, 0.15) is 5.82 Å². The molecule has 128 valence electrons. The summed E-state index contributed by atoms with van der Waals surface area (Å²) < 4.78 is 20.0. The topological polar surface area (TPSA) is 73.8 Å². The zero-order valence-corrected chi connectivity index (χ0v) is 13.9. The summed E-state index contributed by atoms with van der Waals surface area (Å²) in [5.41, 5.74) is 0.775. The smallest absolute Gasteiger partial charge is 0.282 e. The van der Waals surface area contributed by atoms with Crippen LogP contribution in [0.1, 0.15) is 0 Å². The second kappa shape index (κ2) is 6.53. The van der Waals surface area contributed by atoms with E-state index in [2.05, 4.69) is 15.2 Å². The minimum absolute atomic E-state index is 0.00222. The molecule has 0 fully saturated rings. The van der Waals surface area contributed by atoms with Crippen LogP contribution in [0.25, 0.3) is 28.7 Å². The van der Waals surface area contributed by atoms with Gasteiger partial charge in [-0.1, -0.05) is 28.9 Å². The van der Waals surface area contributed by atoms with Crippen LogP contribution < -0.4 is 5.43 Å². The normalized spacial score (nSPS) is 10.8. The maximum absolute atomic E-state index is 13.4. The van der Waals surface area contributed by atoms with E-state index >= 15 is 0 Å². The maximum Gasteiger partial charge on any atom is 0.282 e. The van der Waals surface area contributed by atoms with Gasteiger partial charge in [0.15, 0.2) is 5.69 Å². The Morgan fingerprint density at radius 3 is 2.65 bits per heavy atom. The Morgan fingerprint density at radius 1 is 1.08 bits per heavy atom. The summed E-state index contributed by atoms with van der Waals surface area (Å²) in [6, 6.07) is 14.1. The largest absolute Gasteiger partial charge is 0.332 e. The van der Waals surface area contributed by atoms with Crippen molar-refractivity contribution in [3.8, 4) is 28.7 Å². The van der Waals surface area contributed by atoms with E-state index in [0.717, 1.165) is 0 Å². The predicted molar refractivity (Wildman–Crippen MR) is 93.5 cm³/mol. The fourth-order valence-electron chi connectivity index (χ4n) is 2.36. The summed E-state index contributed by atoms with van der Waals surface area (Å²) in [6.45, 7) is 0. The van der Waals surface area contributed by atoms with E-state index in [-0.39, 0.29) is 22.8 Å². The minimum Gasteiger partial charge on any atom is -0.332 e. The summed E-state index contributed by atoms with van der Waals surface area (Å²) in [4.78, 5) is 16.3. The molecule has 0 amide bonds. The Bertz CT molecular complexity index is 1140. The third kappa shape index (κ3) is 3.12. The van der Waals surface area contributed by atoms with Crippen LogP contribution in [0.5, 0.6) is 0 Å². The van der Waals surface area contributed by atoms with Gasteiger partial charge in [0, 0.05) is 22.8 Å². The highest BCUT2D eigenvalue weighted by Gasteiger charge is 2.16. The molecule has 0 atom stereocenters. The van der Waals surface area contributed by atoms with Crippen molar-refractivity contribution >= 4 is 11.6 Å². The standard InChI is InChI=1S/C18H10ClFN4O2/c19-12-4-6-14(7-5-12)24-9-8-15(25)16(22-24)18-21-17(23-26-18)11-2-1-3-13(20)10-11/h1-10H. The third-order valence-electron chi connectivity index (χ3n) is 3.61. The molecule has 0 aliphatic rings. The van der Waals surface area contributed by atoms with Crippen LogP contribution in [0, 0.1) is 5.82 Å². The third-order valence-corrected chi connectivity index (χ3v) is 3.86. The van der Waals surface area contributed by atoms with Crippen LogP contribution in [0.4, 0.5) is 4.39 Å². The first kappa shape index (κ1) is 16.2. The number of nitrogens with zero attached hydrogens (tertiary/aromatic N) is 4. The molecule has 0 saturated heterocycles. The molecule has 0 radical (unpaired) electrons. The van der Waals surface area contributed by atoms with Gasteiger partial charge in [0.25, 0.3) is 5.89 Å². The highest BCUT2D eigenvalue weighted by atomic mass is 35.5. The molecular weight excluding hydrogens is 359 g/mol. The lowest BCUT2D eigenvalue weighted by atomic mass is 10.2. The molecule has 0 N–H and O–H groups in total. The lowest BCUT2D eigenvalue weighted by Gasteiger charge is -2.05. The van der Waals surface area contributed by atoms with Gasteiger partial charge in [-0.15, -0.1) is 0 Å². The number of hydrogen-bond donors (Lipinski definition) is 0. The molecule has 26 heavy (non-hydrogen) atoms. The van der Waals surface area contributed by atoms with Gasteiger partial charge in [-0.25, -0.2) is 9.07 Å². The second-order valence-electron chi connectivity index (χ2n) is 5.38. The molecule has 2 aromatic carbocycles. The first-order valence-electron chi connectivity index (χ1n) is 7.56. The van der Waals surface area contributed by atoms with Crippen molar-refractivity contribution < 1.29 is 8.91 Å². The molecule has 0 aliphatic heterocycles. The van der Waals surface area contributed by atoms with Crippen molar-refractivity contribution in [3.63, 3.8) is 0 Å². The molecule has 0 saturated carbocycles. The van der Waals surface area contributed by atoms with Gasteiger partial charge in [0.05, 0.1) is 5.69 Å². The molecular formula is C18H10ClFN4O2. The summed E-state index contributed by atoms with van der Waals surface area (Å²) in [6.07, 6.45) is 1.53. The van der Waals surface area contributed by atoms with E-state index in [4.69, 9.17) is 16.1 Å². The van der Waals surface area contributed by atoms with Gasteiger partial charge in [-0.2, -0.15) is 10.1 Å². The van der Waals surface area contributed by atoms with Crippen molar-refractivity contribution in [1.29, 1.82) is 0 Å². The van der Waals surface area contributed by atoms with Crippen LogP contribution in [0.3, 0.4) is 0 Å². The van der Waals surface area contributed by atoms with E-state index in [1.165, 1.54) is 35.1 Å². The van der Waals surface area contributed by atoms with Gasteiger partial charge in [-0.3, -0.25) is 4.79 Å². The highest BCUT2D eigenvalue weighted by Crippen LogP contribution is 2.20. The lowest BCUT2D eigenvalue weighted by Crippen LogP contribution is -2.12. The van der Waals surface area contributed by atoms with Gasteiger partial charge in [-0.05, 0) is 36.4 Å². The molecule has 0 aliphatic carbocycles. The zero-order valence-electron chi connectivity index (χ0n) is 13.1. The second-order valence-corrected chi connectivity index (χ2v) is 5.82. The molecule has 0 spiro atoms. The summed E-state index contributed by atoms with van der Waals surface area (Å²) in [5.74, 6) is -0.294. The van der Waals surface area contributed by atoms with E-state index in [9.17, 15) is 9.18 Å². The number of aromatic nitrogens is 4. The fraction of sp³-hybridized carbons (Fsp3) is 0. The lowest BCUT2D eigenvalue weighted by molar-refractivity contribution is 0.429. The van der Waals surface area contributed by atoms with Gasteiger partial charge < -0.3 is 4.52 Å². The van der Waals surface area contributed by atoms with Crippen LogP contribution in [-0.4, -0.2) is 19.9 Å². The van der Waals surface area contributed by atoms with Crippen molar-refractivity contribution in [2.24, 2.45) is 0 Å². The Labute approximate surface area is 151 Å². The number of benzene rings is 2. The molecule has 6 nitrogen and oxygen atoms in total. The van der Waals surface area contributed by atoms with Crippen LogP contribution in [-0.2, 0) is 0 Å². The number of rotatable bonds is 3. The van der Waals surface area contributed by atoms with Gasteiger partial charge >= 0.3 is 0 Å². The molecule has 0 bridgehead atoms. The Kier molecular flexibility index (Phi) is 4.06. The average molecular weight is 369 g/mol. The fourth-order valence-corrected chi connectivity index (χ4v) is 2.48. The Morgan fingerprint density at radius 2 is 1.88 bits per heavy atom. The average Bonchev–Trinajstić information content (AvgIpc) is 3.13. The summed E-state index contributed by atoms with van der Waals surface area (Å²) in [7, 11) is 0. The maximum atomic E-state index is 13.4. The van der Waals surface area contributed by atoms with Crippen molar-refractivity contribution in [3.05, 3.63) is 81.9 Å². The SMILES string of the molecule is O=c1ccn(-c2ccc(Cl)cc2)nc1-c1nc(-c2cccc(F)c2)no1. The molecule has 4 rings (SSSR count). The molecule has 8 heteroatoms. The van der Waals surface area contributed by atoms with E-state index in [0.29, 0.717) is 16.3 Å². The highest BCUT2D eigenvalue weighted by molar-refractivity contribution is 6.30. The molecule has 4 aromatic rings. The number of halogens is 2. The van der Waals surface area contributed by atoms with Crippen LogP contribution in [0.15, 0.2) is 70.1 Å². The van der Waals surface area contributed by atoms with Crippen molar-refractivity contribution in [2.75, 3.05) is 0 Å². The Balaban J connectivity index is 1.75. The Hall–Kier alpha value is -3.32. The zero-order chi connectivity index (χ0) is 18.1. The molecule has 2 heterocycles. The molecule has 2 aromatic heterocycles. The predicted octanol–water partition coefficient (Wildman–Crippen LogP) is 3.74. The molecule has 0 unspecified atom stereocenters. The van der Waals surface area contributed by atoms with Crippen molar-refractivity contribution in [2.45, 2.75) is 0 Å². The first-order chi connectivity index (χ1) is 12.6. The minimum atomic E-state index is -0.420. The number of hydrogen-bond acceptors (Lipinski definition) is 5. The van der Waals surface area contributed by atoms with E-state index in [1.807, 2.05) is 0 Å². The van der Waals surface area contributed by atoms with Gasteiger partial charge in [0.2, 0.25) is 11.3 Å². The monoisotopic (exact) mass is 368 g/mol.